The fraction of sp³-hybridized carbons (Fsp3) is 0.387. The van der Waals surface area contributed by atoms with E-state index >= 15 is 0 Å². The van der Waals surface area contributed by atoms with Gasteiger partial charge in [-0.25, -0.2) is 13.4 Å². The van der Waals surface area contributed by atoms with Gasteiger partial charge in [0.1, 0.15) is 22.9 Å². The van der Waals surface area contributed by atoms with Crippen molar-refractivity contribution in [1.82, 2.24) is 4.98 Å². The van der Waals surface area contributed by atoms with E-state index < -0.39 is 21.9 Å². The lowest BCUT2D eigenvalue weighted by Crippen LogP contribution is -2.33. The zero-order valence-corrected chi connectivity index (χ0v) is 25.5. The highest BCUT2D eigenvalue weighted by Crippen LogP contribution is 2.34. The predicted molar refractivity (Wildman–Crippen MR) is 162 cm³/mol. The fourth-order valence-electron chi connectivity index (χ4n) is 3.98. The molecule has 3 rings (SSSR count). The second-order valence-corrected chi connectivity index (χ2v) is 12.9. The summed E-state index contributed by atoms with van der Waals surface area (Å²) in [5.74, 6) is -0.336. The molecule has 0 aliphatic rings. The first-order valence-electron chi connectivity index (χ1n) is 13.4. The molecule has 1 atom stereocenters. The van der Waals surface area contributed by atoms with Crippen molar-refractivity contribution in [1.29, 1.82) is 5.26 Å². The Morgan fingerprint density at radius 1 is 1.07 bits per heavy atom. The third-order valence-corrected chi connectivity index (χ3v) is 8.80. The van der Waals surface area contributed by atoms with Gasteiger partial charge in [0.05, 0.1) is 48.3 Å². The molecular formula is C31H36N2O6S2. The number of unbranched alkanes of at least 4 members (excludes halogenated alkanes) is 1. The maximum atomic E-state index is 12.9. The van der Waals surface area contributed by atoms with Crippen LogP contribution in [0.5, 0.6) is 5.75 Å². The summed E-state index contributed by atoms with van der Waals surface area (Å²) in [6.45, 7) is 5.56. The van der Waals surface area contributed by atoms with Crippen LogP contribution in [0.15, 0.2) is 65.7 Å². The zero-order chi connectivity index (χ0) is 29.8. The number of hydrogen-bond donors (Lipinski definition) is 0. The number of benzene rings is 2. The summed E-state index contributed by atoms with van der Waals surface area (Å²) in [7, 11) is -1.83. The number of sulfone groups is 1. The van der Waals surface area contributed by atoms with Crippen molar-refractivity contribution < 1.29 is 27.4 Å². The second-order valence-electron chi connectivity index (χ2n) is 9.69. The highest BCUT2D eigenvalue weighted by molar-refractivity contribution is 8.00. The molecule has 0 N–H and O–H groups in total. The van der Waals surface area contributed by atoms with Crippen LogP contribution < -0.4 is 4.74 Å². The quantitative estimate of drug-likeness (QED) is 0.155. The number of aromatic nitrogens is 1. The maximum absolute atomic E-state index is 12.9. The number of nitrogens with zero attached hydrogens (tertiary/aromatic N) is 2. The third kappa shape index (κ3) is 9.88. The Balaban J connectivity index is 1.87. The van der Waals surface area contributed by atoms with Crippen molar-refractivity contribution in [2.75, 3.05) is 31.0 Å². The molecule has 8 nitrogen and oxygen atoms in total. The summed E-state index contributed by atoms with van der Waals surface area (Å²) in [6.07, 6.45) is 0.211. The van der Waals surface area contributed by atoms with Gasteiger partial charge in [0, 0.05) is 11.1 Å². The highest BCUT2D eigenvalue weighted by atomic mass is 32.2. The van der Waals surface area contributed by atoms with Crippen LogP contribution in [0.4, 0.5) is 0 Å². The van der Waals surface area contributed by atoms with Crippen LogP contribution >= 0.6 is 11.8 Å². The van der Waals surface area contributed by atoms with Crippen LogP contribution in [0, 0.1) is 11.3 Å². The molecule has 0 saturated heterocycles. The number of carbonyl (C=O) groups is 1. The van der Waals surface area contributed by atoms with Crippen molar-refractivity contribution in [3.05, 3.63) is 66.2 Å². The Morgan fingerprint density at radius 3 is 2.39 bits per heavy atom. The van der Waals surface area contributed by atoms with E-state index in [2.05, 4.69) is 6.07 Å². The fourth-order valence-corrected chi connectivity index (χ4v) is 6.39. The van der Waals surface area contributed by atoms with E-state index in [9.17, 15) is 18.5 Å². The topological polar surface area (TPSA) is 116 Å². The summed E-state index contributed by atoms with van der Waals surface area (Å²) in [5, 5.41) is 10.5. The lowest BCUT2D eigenvalue weighted by atomic mass is 9.99. The molecule has 2 aromatic carbocycles. The summed E-state index contributed by atoms with van der Waals surface area (Å²) < 4.78 is 41.6. The van der Waals surface area contributed by atoms with Crippen LogP contribution in [0.1, 0.15) is 39.2 Å². The largest absolute Gasteiger partial charge is 0.497 e. The molecule has 0 amide bonds. The molecule has 0 saturated carbocycles. The number of carbonyl (C=O) groups excluding carboxylic acids is 1. The van der Waals surface area contributed by atoms with Crippen LogP contribution in [0.2, 0.25) is 0 Å². The first kappa shape index (κ1) is 32.1. The molecule has 0 bridgehead atoms. The summed E-state index contributed by atoms with van der Waals surface area (Å²) >= 11 is 1.08. The molecule has 1 aromatic heterocycles. The monoisotopic (exact) mass is 596 g/mol. The number of nitriles is 1. The Hall–Kier alpha value is -3.39. The Bertz CT molecular complexity index is 1440. The minimum Gasteiger partial charge on any atom is -0.497 e. The lowest BCUT2D eigenvalue weighted by molar-refractivity contribution is -0.148. The van der Waals surface area contributed by atoms with E-state index in [-0.39, 0.29) is 30.0 Å². The van der Waals surface area contributed by atoms with Gasteiger partial charge in [0.25, 0.3) is 0 Å². The van der Waals surface area contributed by atoms with Crippen LogP contribution in [0.3, 0.4) is 0 Å². The molecule has 218 valence electrons. The van der Waals surface area contributed by atoms with Crippen molar-refractivity contribution in [2.45, 2.75) is 50.8 Å². The highest BCUT2D eigenvalue weighted by Gasteiger charge is 2.24. The number of esters is 1. The molecule has 0 radical (unpaired) electrons. The van der Waals surface area contributed by atoms with Gasteiger partial charge in [-0.2, -0.15) is 5.26 Å². The number of rotatable bonds is 15. The van der Waals surface area contributed by atoms with Gasteiger partial charge in [0.15, 0.2) is 9.84 Å². The minimum absolute atomic E-state index is 0.0216. The van der Waals surface area contributed by atoms with Gasteiger partial charge in [-0.05, 0) is 56.2 Å². The standard InChI is InChI=1S/C31H36N2O6S2/c1-5-6-16-41(35,36)21-26(19-38-22(2)3)39-30(34)20-40-31-28(18-32)27(23-10-8-7-9-11-23)17-29(33-31)24-12-14-25(37-4)15-13-24/h7-15,17,22,26H,5-6,16,19-21H2,1-4H3. The van der Waals surface area contributed by atoms with Gasteiger partial charge in [0.2, 0.25) is 0 Å². The molecule has 0 aliphatic heterocycles. The van der Waals surface area contributed by atoms with Gasteiger partial charge < -0.3 is 14.2 Å². The molecule has 0 aliphatic carbocycles. The lowest BCUT2D eigenvalue weighted by Gasteiger charge is -2.19. The first-order valence-corrected chi connectivity index (χ1v) is 16.3. The number of thioether (sulfide) groups is 1. The van der Waals surface area contributed by atoms with Crippen LogP contribution in [0.25, 0.3) is 22.4 Å². The number of hydrogen-bond acceptors (Lipinski definition) is 9. The van der Waals surface area contributed by atoms with Crippen molar-refractivity contribution in [2.24, 2.45) is 0 Å². The zero-order valence-electron chi connectivity index (χ0n) is 23.8. The van der Waals surface area contributed by atoms with Crippen molar-refractivity contribution >= 4 is 27.6 Å². The third-order valence-electron chi connectivity index (χ3n) is 6.06. The molecular weight excluding hydrogens is 560 g/mol. The average molecular weight is 597 g/mol. The Labute approximate surface area is 247 Å². The molecule has 0 fully saturated rings. The molecule has 3 aromatic rings. The molecule has 1 unspecified atom stereocenters. The Kier molecular flexibility index (Phi) is 12.2. The van der Waals surface area contributed by atoms with Gasteiger partial charge in [-0.15, -0.1) is 0 Å². The van der Waals surface area contributed by atoms with Crippen molar-refractivity contribution in [3.63, 3.8) is 0 Å². The van der Waals surface area contributed by atoms with Gasteiger partial charge >= 0.3 is 5.97 Å². The number of methoxy groups -OCH3 is 1. The molecule has 10 heteroatoms. The van der Waals surface area contributed by atoms with Crippen LogP contribution in [-0.4, -0.2) is 62.6 Å². The summed E-state index contributed by atoms with van der Waals surface area (Å²) in [6, 6.07) is 21.0. The smallest absolute Gasteiger partial charge is 0.316 e. The van der Waals surface area contributed by atoms with Crippen molar-refractivity contribution in [3.8, 4) is 34.2 Å². The van der Waals surface area contributed by atoms with E-state index in [4.69, 9.17) is 19.2 Å². The van der Waals surface area contributed by atoms with E-state index in [1.165, 1.54) is 0 Å². The minimum atomic E-state index is -3.42. The summed E-state index contributed by atoms with van der Waals surface area (Å²) in [5.41, 5.74) is 3.32. The van der Waals surface area contributed by atoms with E-state index in [1.807, 2.05) is 81.4 Å². The number of ether oxygens (including phenoxy) is 3. The molecule has 41 heavy (non-hydrogen) atoms. The molecule has 0 spiro atoms. The molecule has 1 heterocycles. The Morgan fingerprint density at radius 2 is 1.78 bits per heavy atom. The normalized spacial score (nSPS) is 12.1. The van der Waals surface area contributed by atoms with Gasteiger partial charge in [-0.3, -0.25) is 4.79 Å². The summed E-state index contributed by atoms with van der Waals surface area (Å²) in [4.78, 5) is 17.7. The average Bonchev–Trinajstić information content (AvgIpc) is 2.97. The van der Waals surface area contributed by atoms with Crippen LogP contribution in [-0.2, 0) is 24.1 Å². The first-order chi connectivity index (χ1) is 19.7. The number of pyridine rings is 1. The van der Waals surface area contributed by atoms with E-state index in [0.717, 1.165) is 29.3 Å². The van der Waals surface area contributed by atoms with E-state index in [0.29, 0.717) is 34.0 Å². The second kappa shape index (κ2) is 15.6. The maximum Gasteiger partial charge on any atom is 0.316 e. The van der Waals surface area contributed by atoms with Gasteiger partial charge in [-0.1, -0.05) is 55.4 Å². The predicted octanol–water partition coefficient (Wildman–Crippen LogP) is 5.94. The SMILES string of the molecule is CCCCS(=O)(=O)CC(COC(C)C)OC(=O)CSc1nc(-c2ccc(OC)cc2)cc(-c2ccccc2)c1C#N. The van der Waals surface area contributed by atoms with E-state index in [1.54, 1.807) is 7.11 Å².